The summed E-state index contributed by atoms with van der Waals surface area (Å²) >= 11 is 0. The first-order chi connectivity index (χ1) is 10.8. The average Bonchev–Trinajstić information content (AvgIpc) is 2.50. The number of esters is 1. The molecule has 0 aromatic heterocycles. The molecule has 0 aliphatic carbocycles. The summed E-state index contributed by atoms with van der Waals surface area (Å²) in [6.07, 6.45) is 0.0568. The summed E-state index contributed by atoms with van der Waals surface area (Å²) in [5.74, 6) is -0.711. The smallest absolute Gasteiger partial charge is 0.307 e. The maximum atomic E-state index is 12.0. The van der Waals surface area contributed by atoms with Crippen LogP contribution in [0.25, 0.3) is 0 Å². The summed E-state index contributed by atoms with van der Waals surface area (Å²) in [6, 6.07) is 5.85. The van der Waals surface area contributed by atoms with Gasteiger partial charge in [-0.15, -0.1) is 0 Å². The van der Waals surface area contributed by atoms with Crippen LogP contribution in [0.15, 0.2) is 29.2 Å². The van der Waals surface area contributed by atoms with Crippen LogP contribution < -0.4 is 5.14 Å². The van der Waals surface area contributed by atoms with Gasteiger partial charge in [-0.05, 0) is 17.7 Å². The summed E-state index contributed by atoms with van der Waals surface area (Å²) in [6.45, 7) is 0.270. The molecule has 0 spiro atoms. The van der Waals surface area contributed by atoms with Crippen molar-refractivity contribution in [2.45, 2.75) is 17.9 Å². The molecule has 9 heteroatoms. The lowest BCUT2D eigenvalue weighted by Crippen LogP contribution is -2.35. The molecule has 1 aromatic rings. The van der Waals surface area contributed by atoms with E-state index in [1.807, 2.05) is 0 Å². The molecule has 0 saturated heterocycles. The molecule has 0 heterocycles. The molecule has 2 N–H and O–H groups in total. The van der Waals surface area contributed by atoms with Crippen LogP contribution in [0.4, 0.5) is 0 Å². The maximum Gasteiger partial charge on any atom is 0.307 e. The van der Waals surface area contributed by atoms with Crippen molar-refractivity contribution in [3.63, 3.8) is 0 Å². The lowest BCUT2D eigenvalue weighted by atomic mass is 10.2. The molecular formula is C14H20N2O6S. The summed E-state index contributed by atoms with van der Waals surface area (Å²) in [5, 5.41) is 5.03. The highest BCUT2D eigenvalue weighted by molar-refractivity contribution is 7.89. The maximum absolute atomic E-state index is 12.0. The van der Waals surface area contributed by atoms with Crippen molar-refractivity contribution >= 4 is 21.9 Å². The van der Waals surface area contributed by atoms with Gasteiger partial charge in [-0.25, -0.2) is 13.6 Å². The van der Waals surface area contributed by atoms with E-state index in [0.717, 1.165) is 0 Å². The van der Waals surface area contributed by atoms with E-state index in [0.29, 0.717) is 5.56 Å². The Morgan fingerprint density at radius 2 is 1.78 bits per heavy atom. The number of hydrogen-bond acceptors (Lipinski definition) is 6. The van der Waals surface area contributed by atoms with Gasteiger partial charge in [0.15, 0.2) is 0 Å². The minimum Gasteiger partial charge on any atom is -0.469 e. The molecule has 0 atom stereocenters. The molecule has 1 amide bonds. The molecule has 0 saturated carbocycles. The third-order valence-corrected chi connectivity index (χ3v) is 3.99. The van der Waals surface area contributed by atoms with Crippen LogP contribution in [0, 0.1) is 0 Å². The number of methoxy groups -OCH3 is 2. The molecule has 0 fully saturated rings. The van der Waals surface area contributed by atoms with E-state index in [1.54, 1.807) is 12.1 Å². The second kappa shape index (κ2) is 8.61. The highest BCUT2D eigenvalue weighted by Gasteiger charge is 2.16. The Balaban J connectivity index is 2.83. The van der Waals surface area contributed by atoms with Crippen LogP contribution in [-0.4, -0.2) is 52.6 Å². The fourth-order valence-electron chi connectivity index (χ4n) is 1.84. The summed E-state index contributed by atoms with van der Waals surface area (Å²) in [4.78, 5) is 24.7. The summed E-state index contributed by atoms with van der Waals surface area (Å²) in [7, 11) is -1.09. The highest BCUT2D eigenvalue weighted by Crippen LogP contribution is 2.11. The molecule has 0 radical (unpaired) electrons. The van der Waals surface area contributed by atoms with Gasteiger partial charge >= 0.3 is 5.97 Å². The standard InChI is InChI=1S/C14H20N2O6S/c1-21-10-13(17)16(8-7-14(18)22-2)9-11-3-5-12(6-4-11)23(15,19)20/h3-6H,7-10H2,1-2H3,(H2,15,19,20). The summed E-state index contributed by atoms with van der Waals surface area (Å²) in [5.41, 5.74) is 0.701. The normalized spacial score (nSPS) is 11.1. The number of nitrogens with two attached hydrogens (primary N) is 1. The molecule has 0 bridgehead atoms. The monoisotopic (exact) mass is 344 g/mol. The van der Waals surface area contributed by atoms with Crippen LogP contribution in [0.3, 0.4) is 0 Å². The quantitative estimate of drug-likeness (QED) is 0.657. The molecular weight excluding hydrogens is 324 g/mol. The van der Waals surface area contributed by atoms with Crippen LogP contribution >= 0.6 is 0 Å². The van der Waals surface area contributed by atoms with E-state index in [4.69, 9.17) is 9.88 Å². The van der Waals surface area contributed by atoms with Crippen molar-refractivity contribution in [3.05, 3.63) is 29.8 Å². The van der Waals surface area contributed by atoms with Crippen molar-refractivity contribution in [3.8, 4) is 0 Å². The van der Waals surface area contributed by atoms with Gasteiger partial charge < -0.3 is 14.4 Å². The SMILES string of the molecule is COCC(=O)N(CCC(=O)OC)Cc1ccc(S(N)(=O)=O)cc1. The Morgan fingerprint density at radius 1 is 1.17 bits per heavy atom. The fourth-order valence-corrected chi connectivity index (χ4v) is 2.36. The van der Waals surface area contributed by atoms with Crippen LogP contribution in [0.1, 0.15) is 12.0 Å². The van der Waals surface area contributed by atoms with Gasteiger partial charge in [-0.2, -0.15) is 0 Å². The molecule has 1 aromatic carbocycles. The Morgan fingerprint density at radius 3 is 2.26 bits per heavy atom. The van der Waals surface area contributed by atoms with E-state index in [-0.39, 0.29) is 36.9 Å². The van der Waals surface area contributed by atoms with Crippen molar-refractivity contribution in [2.75, 3.05) is 27.4 Å². The molecule has 1 rings (SSSR count). The lowest BCUT2D eigenvalue weighted by Gasteiger charge is -2.22. The van der Waals surface area contributed by atoms with Crippen molar-refractivity contribution in [2.24, 2.45) is 5.14 Å². The van der Waals surface area contributed by atoms with Crippen molar-refractivity contribution < 1.29 is 27.5 Å². The lowest BCUT2D eigenvalue weighted by molar-refractivity contribution is -0.142. The number of nitrogens with zero attached hydrogens (tertiary/aromatic N) is 1. The van der Waals surface area contributed by atoms with Gasteiger partial charge in [0.1, 0.15) is 6.61 Å². The topological polar surface area (TPSA) is 116 Å². The fraction of sp³-hybridized carbons (Fsp3) is 0.429. The Labute approximate surface area is 135 Å². The number of ether oxygens (including phenoxy) is 2. The third-order valence-electron chi connectivity index (χ3n) is 3.06. The first-order valence-corrected chi connectivity index (χ1v) is 8.28. The third kappa shape index (κ3) is 6.35. The van der Waals surface area contributed by atoms with Gasteiger partial charge in [-0.3, -0.25) is 9.59 Å². The van der Waals surface area contributed by atoms with Crippen molar-refractivity contribution in [1.29, 1.82) is 0 Å². The van der Waals surface area contributed by atoms with Gasteiger partial charge in [0, 0.05) is 20.2 Å². The second-order valence-corrected chi connectivity index (χ2v) is 6.32. The zero-order valence-electron chi connectivity index (χ0n) is 13.0. The minimum absolute atomic E-state index is 0.00872. The number of sulfonamides is 1. The number of rotatable bonds is 8. The van der Waals surface area contributed by atoms with Crippen molar-refractivity contribution in [1.82, 2.24) is 4.90 Å². The highest BCUT2D eigenvalue weighted by atomic mass is 32.2. The number of carbonyl (C=O) groups excluding carboxylic acids is 2. The van der Waals surface area contributed by atoms with E-state index >= 15 is 0 Å². The first-order valence-electron chi connectivity index (χ1n) is 6.73. The van der Waals surface area contributed by atoms with Crippen LogP contribution in [-0.2, 0) is 35.6 Å². The first kappa shape index (κ1) is 19.1. The minimum atomic E-state index is -3.76. The molecule has 0 aliphatic rings. The van der Waals surface area contributed by atoms with E-state index < -0.39 is 16.0 Å². The zero-order valence-corrected chi connectivity index (χ0v) is 13.8. The molecule has 128 valence electrons. The Bertz CT molecular complexity index is 642. The van der Waals surface area contributed by atoms with E-state index in [9.17, 15) is 18.0 Å². The average molecular weight is 344 g/mol. The number of primary sulfonamides is 1. The van der Waals surface area contributed by atoms with Gasteiger partial charge in [0.2, 0.25) is 15.9 Å². The van der Waals surface area contributed by atoms with E-state index in [2.05, 4.69) is 4.74 Å². The van der Waals surface area contributed by atoms with Gasteiger partial charge in [-0.1, -0.05) is 12.1 Å². The molecule has 0 aliphatic heterocycles. The molecule has 0 unspecified atom stereocenters. The Hall–Kier alpha value is -1.97. The van der Waals surface area contributed by atoms with Gasteiger partial charge in [0.25, 0.3) is 0 Å². The Kier molecular flexibility index (Phi) is 7.14. The predicted octanol–water partition coefficient (Wildman–Crippen LogP) is -0.128. The number of hydrogen-bond donors (Lipinski definition) is 1. The molecule has 23 heavy (non-hydrogen) atoms. The summed E-state index contributed by atoms with van der Waals surface area (Å²) < 4.78 is 31.8. The second-order valence-electron chi connectivity index (χ2n) is 4.76. The number of benzene rings is 1. The predicted molar refractivity (Wildman–Crippen MR) is 81.7 cm³/mol. The number of amides is 1. The largest absolute Gasteiger partial charge is 0.469 e. The molecule has 8 nitrogen and oxygen atoms in total. The zero-order chi connectivity index (χ0) is 17.5. The van der Waals surface area contributed by atoms with E-state index in [1.165, 1.54) is 31.3 Å². The van der Waals surface area contributed by atoms with Gasteiger partial charge in [0.05, 0.1) is 18.4 Å². The van der Waals surface area contributed by atoms with Crippen LogP contribution in [0.5, 0.6) is 0 Å². The van der Waals surface area contributed by atoms with Crippen LogP contribution in [0.2, 0.25) is 0 Å². The number of carbonyl (C=O) groups is 2.